The van der Waals surface area contributed by atoms with Crippen LogP contribution >= 0.6 is 0 Å². The van der Waals surface area contributed by atoms with E-state index in [1.807, 2.05) is 36.1 Å². The summed E-state index contributed by atoms with van der Waals surface area (Å²) in [6.07, 6.45) is 3.34. The third-order valence-corrected chi connectivity index (χ3v) is 5.11. The maximum atomic E-state index is 12.7. The molecule has 148 valence electrons. The first-order chi connectivity index (χ1) is 13.0. The van der Waals surface area contributed by atoms with Crippen molar-refractivity contribution in [3.8, 4) is 5.75 Å². The van der Waals surface area contributed by atoms with E-state index in [0.29, 0.717) is 31.9 Å². The summed E-state index contributed by atoms with van der Waals surface area (Å²) in [6, 6.07) is 7.56. The number of carbonyl (C=O) groups excluding carboxylic acids is 1. The van der Waals surface area contributed by atoms with Crippen LogP contribution in [0.2, 0.25) is 0 Å². The van der Waals surface area contributed by atoms with E-state index in [1.54, 1.807) is 0 Å². The summed E-state index contributed by atoms with van der Waals surface area (Å²) in [7, 11) is 0. The van der Waals surface area contributed by atoms with Gasteiger partial charge in [0.2, 0.25) is 0 Å². The molecule has 1 aliphatic heterocycles. The largest absolute Gasteiger partial charge is 0.489 e. The van der Waals surface area contributed by atoms with E-state index in [9.17, 15) is 9.90 Å². The first-order valence-corrected chi connectivity index (χ1v) is 9.83. The Hall–Kier alpha value is -2.05. The van der Waals surface area contributed by atoms with Gasteiger partial charge in [-0.3, -0.25) is 4.90 Å². The van der Waals surface area contributed by atoms with Crippen molar-refractivity contribution in [2.45, 2.75) is 32.2 Å². The van der Waals surface area contributed by atoms with Gasteiger partial charge in [0.1, 0.15) is 12.4 Å². The third-order valence-electron chi connectivity index (χ3n) is 5.11. The molecule has 27 heavy (non-hydrogen) atoms. The lowest BCUT2D eigenvalue weighted by Crippen LogP contribution is -2.56. The third kappa shape index (κ3) is 5.97. The molecule has 1 aromatic rings. The van der Waals surface area contributed by atoms with E-state index < -0.39 is 0 Å². The molecule has 3 rings (SSSR count). The fraction of sp³-hybridized carbons (Fsp3) is 0.571. The average Bonchev–Trinajstić information content (AvgIpc) is 3.46. The molecule has 1 heterocycles. The molecule has 2 N–H and O–H groups in total. The number of hydrogen-bond acceptors (Lipinski definition) is 4. The second kappa shape index (κ2) is 9.24. The number of rotatable bonds is 8. The minimum absolute atomic E-state index is 0.0962. The van der Waals surface area contributed by atoms with E-state index in [1.165, 1.54) is 12.8 Å². The first kappa shape index (κ1) is 19.7. The van der Waals surface area contributed by atoms with Gasteiger partial charge in [-0.1, -0.05) is 12.6 Å². The van der Waals surface area contributed by atoms with Gasteiger partial charge < -0.3 is 20.1 Å². The maximum absolute atomic E-state index is 12.7. The molecule has 2 aliphatic rings. The minimum Gasteiger partial charge on any atom is -0.489 e. The molecule has 1 aromatic carbocycles. The molecule has 0 radical (unpaired) electrons. The van der Waals surface area contributed by atoms with Crippen molar-refractivity contribution in [2.75, 3.05) is 44.7 Å². The van der Waals surface area contributed by atoms with Gasteiger partial charge in [0, 0.05) is 50.6 Å². The monoisotopic (exact) mass is 373 g/mol. The zero-order valence-corrected chi connectivity index (χ0v) is 16.2. The number of nitrogens with zero attached hydrogens (tertiary/aromatic N) is 2. The van der Waals surface area contributed by atoms with Gasteiger partial charge in [-0.25, -0.2) is 4.79 Å². The molecule has 1 saturated carbocycles. The number of benzene rings is 1. The highest BCUT2D eigenvalue weighted by atomic mass is 16.5. The Labute approximate surface area is 161 Å². The van der Waals surface area contributed by atoms with Gasteiger partial charge in [0.25, 0.3) is 0 Å². The zero-order valence-electron chi connectivity index (χ0n) is 16.2. The van der Waals surface area contributed by atoms with Gasteiger partial charge in [0.15, 0.2) is 0 Å². The number of urea groups is 1. The van der Waals surface area contributed by atoms with Crippen LogP contribution in [0.3, 0.4) is 0 Å². The Balaban J connectivity index is 1.55. The van der Waals surface area contributed by atoms with Crippen molar-refractivity contribution in [3.05, 3.63) is 36.4 Å². The summed E-state index contributed by atoms with van der Waals surface area (Å²) in [5, 5.41) is 12.4. The van der Waals surface area contributed by atoms with Crippen molar-refractivity contribution in [2.24, 2.45) is 5.92 Å². The molecule has 0 unspecified atom stereocenters. The second-order valence-electron chi connectivity index (χ2n) is 7.75. The fourth-order valence-corrected chi connectivity index (χ4v) is 3.45. The Bertz CT molecular complexity index is 660. The Morgan fingerprint density at radius 2 is 2.19 bits per heavy atom. The summed E-state index contributed by atoms with van der Waals surface area (Å²) in [5.74, 6) is 1.52. The molecule has 2 fully saturated rings. The summed E-state index contributed by atoms with van der Waals surface area (Å²) >= 11 is 0. The predicted molar refractivity (Wildman–Crippen MR) is 107 cm³/mol. The van der Waals surface area contributed by atoms with E-state index in [0.717, 1.165) is 30.3 Å². The van der Waals surface area contributed by atoms with Crippen molar-refractivity contribution in [1.29, 1.82) is 0 Å². The molecule has 0 bridgehead atoms. The van der Waals surface area contributed by atoms with Crippen LogP contribution in [0.15, 0.2) is 36.4 Å². The molecule has 1 atom stereocenters. The summed E-state index contributed by atoms with van der Waals surface area (Å²) in [5.41, 5.74) is 1.67. The van der Waals surface area contributed by atoms with Crippen LogP contribution in [-0.4, -0.2) is 66.4 Å². The predicted octanol–water partition coefficient (Wildman–Crippen LogP) is 2.95. The van der Waals surface area contributed by atoms with Crippen LogP contribution < -0.4 is 10.1 Å². The van der Waals surface area contributed by atoms with E-state index in [4.69, 9.17) is 4.74 Å². The first-order valence-electron chi connectivity index (χ1n) is 9.83. The normalized spacial score (nSPS) is 20.4. The summed E-state index contributed by atoms with van der Waals surface area (Å²) in [6.45, 7) is 9.70. The molecule has 1 saturated heterocycles. The van der Waals surface area contributed by atoms with Gasteiger partial charge in [-0.15, -0.1) is 0 Å². The van der Waals surface area contributed by atoms with Crippen molar-refractivity contribution >= 4 is 11.7 Å². The van der Waals surface area contributed by atoms with Gasteiger partial charge in [0.05, 0.1) is 0 Å². The average molecular weight is 373 g/mol. The van der Waals surface area contributed by atoms with Gasteiger partial charge >= 0.3 is 6.03 Å². The number of carbonyl (C=O) groups is 1. The number of aliphatic hydroxyl groups is 1. The summed E-state index contributed by atoms with van der Waals surface area (Å²) in [4.78, 5) is 17.0. The minimum atomic E-state index is -0.0962. The number of piperazine rings is 1. The standard InChI is InChI=1S/C21H31N3O3/c1-16(2)15-27-20-5-3-4-18(12-20)22-21(26)24-10-9-23(13-17-6-7-17)19(14-24)8-11-25/h3-5,12,17,19,25H,1,6-11,13-15H2,2H3,(H,22,26)/t19-/m0/s1. The van der Waals surface area contributed by atoms with Crippen LogP contribution in [-0.2, 0) is 0 Å². The second-order valence-corrected chi connectivity index (χ2v) is 7.75. The highest BCUT2D eigenvalue weighted by Crippen LogP contribution is 2.31. The number of amides is 2. The number of anilines is 1. The van der Waals surface area contributed by atoms with Crippen LogP contribution in [0.1, 0.15) is 26.2 Å². The van der Waals surface area contributed by atoms with E-state index in [-0.39, 0.29) is 18.7 Å². The Morgan fingerprint density at radius 3 is 2.89 bits per heavy atom. The molecule has 2 amide bonds. The highest BCUT2D eigenvalue weighted by molar-refractivity contribution is 5.89. The molecular weight excluding hydrogens is 342 g/mol. The zero-order chi connectivity index (χ0) is 19.2. The maximum Gasteiger partial charge on any atom is 0.321 e. The van der Waals surface area contributed by atoms with Crippen molar-refractivity contribution in [1.82, 2.24) is 9.80 Å². The van der Waals surface area contributed by atoms with Crippen LogP contribution in [0.5, 0.6) is 5.75 Å². The van der Waals surface area contributed by atoms with Crippen LogP contribution in [0.4, 0.5) is 10.5 Å². The molecule has 0 aromatic heterocycles. The smallest absolute Gasteiger partial charge is 0.321 e. The highest BCUT2D eigenvalue weighted by Gasteiger charge is 2.33. The number of nitrogens with one attached hydrogen (secondary N) is 1. The quantitative estimate of drug-likeness (QED) is 0.688. The molecular formula is C21H31N3O3. The lowest BCUT2D eigenvalue weighted by Gasteiger charge is -2.41. The van der Waals surface area contributed by atoms with Crippen LogP contribution in [0.25, 0.3) is 0 Å². The van der Waals surface area contributed by atoms with Gasteiger partial charge in [-0.2, -0.15) is 0 Å². The number of hydrogen-bond donors (Lipinski definition) is 2. The SMILES string of the molecule is C=C(C)COc1cccc(NC(=O)N2CCN(CC3CC3)[C@@H](CCO)C2)c1. The number of ether oxygens (including phenoxy) is 1. The lowest BCUT2D eigenvalue weighted by atomic mass is 10.1. The Morgan fingerprint density at radius 1 is 1.37 bits per heavy atom. The number of aliphatic hydroxyl groups excluding tert-OH is 1. The molecule has 0 spiro atoms. The Kier molecular flexibility index (Phi) is 6.74. The van der Waals surface area contributed by atoms with Crippen molar-refractivity contribution in [3.63, 3.8) is 0 Å². The molecule has 6 nitrogen and oxygen atoms in total. The summed E-state index contributed by atoms with van der Waals surface area (Å²) < 4.78 is 5.64. The molecule has 1 aliphatic carbocycles. The van der Waals surface area contributed by atoms with E-state index in [2.05, 4.69) is 16.8 Å². The lowest BCUT2D eigenvalue weighted by molar-refractivity contribution is 0.0739. The van der Waals surface area contributed by atoms with Crippen LogP contribution in [0, 0.1) is 5.92 Å². The topological polar surface area (TPSA) is 65.0 Å². The fourth-order valence-electron chi connectivity index (χ4n) is 3.45. The van der Waals surface area contributed by atoms with E-state index >= 15 is 0 Å². The van der Waals surface area contributed by atoms with Crippen molar-refractivity contribution < 1.29 is 14.6 Å². The van der Waals surface area contributed by atoms with Gasteiger partial charge in [-0.05, 0) is 49.8 Å². The molecule has 6 heteroatoms.